The van der Waals surface area contributed by atoms with Crippen molar-refractivity contribution in [1.82, 2.24) is 0 Å². The van der Waals surface area contributed by atoms with E-state index in [4.69, 9.17) is 5.73 Å². The van der Waals surface area contributed by atoms with Crippen LogP contribution in [0.4, 0.5) is 11.4 Å². The summed E-state index contributed by atoms with van der Waals surface area (Å²) in [5, 5.41) is 5.60. The second-order valence-corrected chi connectivity index (χ2v) is 5.29. The minimum atomic E-state index is -0.203. The summed E-state index contributed by atoms with van der Waals surface area (Å²) in [5.41, 5.74) is 7.98. The summed E-state index contributed by atoms with van der Waals surface area (Å²) in [6.45, 7) is 7.62. The van der Waals surface area contributed by atoms with Gasteiger partial charge in [0, 0.05) is 24.8 Å². The molecule has 0 fully saturated rings. The fourth-order valence-corrected chi connectivity index (χ4v) is 1.99. The zero-order chi connectivity index (χ0) is 15.3. The maximum Gasteiger partial charge on any atom is 0.229 e. The maximum absolute atomic E-state index is 12.1. The summed E-state index contributed by atoms with van der Waals surface area (Å²) in [5.74, 6) is -0.202. The Bertz CT molecular complexity index is 498. The van der Waals surface area contributed by atoms with Crippen molar-refractivity contribution in [2.45, 2.75) is 27.7 Å². The number of carbonyl (C=O) groups excluding carboxylic acids is 2. The molecule has 1 atom stereocenters. The lowest BCUT2D eigenvalue weighted by molar-refractivity contribution is -0.120. The Balaban J connectivity index is 2.81. The summed E-state index contributed by atoms with van der Waals surface area (Å²) >= 11 is 0. The third kappa shape index (κ3) is 4.35. The first-order valence-corrected chi connectivity index (χ1v) is 6.74. The molecule has 0 aliphatic heterocycles. The summed E-state index contributed by atoms with van der Waals surface area (Å²) in [6.07, 6.45) is 0. The summed E-state index contributed by atoms with van der Waals surface area (Å²) < 4.78 is 0. The van der Waals surface area contributed by atoms with Gasteiger partial charge in [0.25, 0.3) is 0 Å². The topological polar surface area (TPSA) is 84.2 Å². The van der Waals surface area contributed by atoms with Crippen molar-refractivity contribution in [2.75, 3.05) is 17.2 Å². The quantitative estimate of drug-likeness (QED) is 0.770. The van der Waals surface area contributed by atoms with E-state index in [9.17, 15) is 9.59 Å². The highest BCUT2D eigenvalue weighted by Crippen LogP contribution is 2.21. The molecule has 5 nitrogen and oxygen atoms in total. The van der Waals surface area contributed by atoms with E-state index in [0.717, 1.165) is 11.3 Å². The number of carbonyl (C=O) groups is 2. The lowest BCUT2D eigenvalue weighted by Crippen LogP contribution is -2.33. The molecule has 0 bridgehead atoms. The molecule has 0 heterocycles. The van der Waals surface area contributed by atoms with Gasteiger partial charge in [-0.15, -0.1) is 0 Å². The van der Waals surface area contributed by atoms with Gasteiger partial charge in [-0.3, -0.25) is 9.59 Å². The van der Waals surface area contributed by atoms with E-state index in [2.05, 4.69) is 10.6 Å². The minimum absolute atomic E-state index is 0.0748. The molecule has 0 aliphatic carbocycles. The number of benzene rings is 1. The molecule has 1 unspecified atom stereocenters. The lowest BCUT2D eigenvalue weighted by atomic mass is 9.95. The van der Waals surface area contributed by atoms with Gasteiger partial charge < -0.3 is 16.4 Å². The van der Waals surface area contributed by atoms with Crippen molar-refractivity contribution >= 4 is 23.2 Å². The number of nitrogens with one attached hydrogen (secondary N) is 2. The molecule has 0 aromatic heterocycles. The van der Waals surface area contributed by atoms with Crippen molar-refractivity contribution < 1.29 is 9.59 Å². The highest BCUT2D eigenvalue weighted by Gasteiger charge is 2.20. The van der Waals surface area contributed by atoms with E-state index >= 15 is 0 Å². The molecule has 20 heavy (non-hydrogen) atoms. The largest absolute Gasteiger partial charge is 0.330 e. The molecule has 0 spiro atoms. The molecule has 1 aromatic rings. The van der Waals surface area contributed by atoms with Crippen LogP contribution in [0.15, 0.2) is 18.2 Å². The Kier molecular flexibility index (Phi) is 5.70. The smallest absolute Gasteiger partial charge is 0.229 e. The van der Waals surface area contributed by atoms with E-state index < -0.39 is 0 Å². The number of aryl methyl sites for hydroxylation is 1. The van der Waals surface area contributed by atoms with Gasteiger partial charge in [-0.1, -0.05) is 13.8 Å². The van der Waals surface area contributed by atoms with Crippen LogP contribution in [0, 0.1) is 18.8 Å². The van der Waals surface area contributed by atoms with Gasteiger partial charge in [0.1, 0.15) is 0 Å². The second kappa shape index (κ2) is 7.05. The molecule has 1 aromatic carbocycles. The van der Waals surface area contributed by atoms with Crippen LogP contribution in [-0.2, 0) is 9.59 Å². The van der Waals surface area contributed by atoms with Gasteiger partial charge in [0.2, 0.25) is 11.8 Å². The summed E-state index contributed by atoms with van der Waals surface area (Å²) in [4.78, 5) is 23.1. The number of hydrogen-bond acceptors (Lipinski definition) is 3. The van der Waals surface area contributed by atoms with E-state index in [-0.39, 0.29) is 23.7 Å². The van der Waals surface area contributed by atoms with Crippen LogP contribution in [0.25, 0.3) is 0 Å². The van der Waals surface area contributed by atoms with Crippen LogP contribution in [-0.4, -0.2) is 18.4 Å². The Morgan fingerprint density at radius 1 is 1.25 bits per heavy atom. The number of hydrogen-bond donors (Lipinski definition) is 3. The minimum Gasteiger partial charge on any atom is -0.330 e. The van der Waals surface area contributed by atoms with Gasteiger partial charge >= 0.3 is 0 Å². The first-order valence-electron chi connectivity index (χ1n) is 6.74. The van der Waals surface area contributed by atoms with Crippen molar-refractivity contribution in [2.24, 2.45) is 17.6 Å². The van der Waals surface area contributed by atoms with E-state index in [0.29, 0.717) is 12.2 Å². The fraction of sp³-hybridized carbons (Fsp3) is 0.467. The molecule has 1 rings (SSSR count). The van der Waals surface area contributed by atoms with E-state index in [1.807, 2.05) is 26.8 Å². The average molecular weight is 277 g/mol. The number of nitrogens with two attached hydrogens (primary N) is 1. The third-order valence-corrected chi connectivity index (χ3v) is 3.20. The summed E-state index contributed by atoms with van der Waals surface area (Å²) in [7, 11) is 0. The zero-order valence-corrected chi connectivity index (χ0v) is 12.5. The second-order valence-electron chi connectivity index (χ2n) is 5.29. The first-order chi connectivity index (χ1) is 9.35. The molecule has 5 heteroatoms. The molecular formula is C15H23N3O2. The van der Waals surface area contributed by atoms with Crippen LogP contribution >= 0.6 is 0 Å². The van der Waals surface area contributed by atoms with Crippen LogP contribution in [0.1, 0.15) is 26.3 Å². The number of anilines is 2. The predicted molar refractivity (Wildman–Crippen MR) is 81.5 cm³/mol. The molecule has 2 amide bonds. The summed E-state index contributed by atoms with van der Waals surface area (Å²) in [6, 6.07) is 5.38. The van der Waals surface area contributed by atoms with E-state index in [1.165, 1.54) is 6.92 Å². The highest BCUT2D eigenvalue weighted by molar-refractivity contribution is 5.94. The van der Waals surface area contributed by atoms with Gasteiger partial charge in [-0.05, 0) is 36.6 Å². The molecule has 0 radical (unpaired) electrons. The van der Waals surface area contributed by atoms with Crippen molar-refractivity contribution in [1.29, 1.82) is 0 Å². The maximum atomic E-state index is 12.1. The normalized spacial score (nSPS) is 12.1. The van der Waals surface area contributed by atoms with Crippen LogP contribution in [0.5, 0.6) is 0 Å². The Hall–Kier alpha value is -1.88. The van der Waals surface area contributed by atoms with Gasteiger partial charge in [-0.25, -0.2) is 0 Å². The molecule has 0 saturated carbocycles. The lowest BCUT2D eigenvalue weighted by Gasteiger charge is -2.18. The monoisotopic (exact) mass is 277 g/mol. The predicted octanol–water partition coefficient (Wildman–Crippen LogP) is 2.12. The standard InChI is InChI=1S/C15H23N3O2/c1-9(2)13(8-16)15(20)18-12-5-6-14(10(3)7-12)17-11(4)19/h5-7,9,13H,8,16H2,1-4H3,(H,17,19)(H,18,20). The Morgan fingerprint density at radius 3 is 2.35 bits per heavy atom. The highest BCUT2D eigenvalue weighted by atomic mass is 16.2. The SMILES string of the molecule is CC(=O)Nc1ccc(NC(=O)C(CN)C(C)C)cc1C. The molecule has 0 aliphatic rings. The number of rotatable bonds is 5. The van der Waals surface area contributed by atoms with Gasteiger partial charge in [0.15, 0.2) is 0 Å². The van der Waals surface area contributed by atoms with Crippen molar-refractivity contribution in [3.8, 4) is 0 Å². The van der Waals surface area contributed by atoms with Crippen LogP contribution in [0.2, 0.25) is 0 Å². The molecular weight excluding hydrogens is 254 g/mol. The van der Waals surface area contributed by atoms with E-state index in [1.54, 1.807) is 12.1 Å². The number of amides is 2. The Labute approximate surface area is 119 Å². The van der Waals surface area contributed by atoms with Gasteiger partial charge in [-0.2, -0.15) is 0 Å². The average Bonchev–Trinajstić information content (AvgIpc) is 2.32. The Morgan fingerprint density at radius 2 is 1.90 bits per heavy atom. The van der Waals surface area contributed by atoms with Gasteiger partial charge in [0.05, 0.1) is 5.92 Å². The zero-order valence-electron chi connectivity index (χ0n) is 12.5. The molecule has 4 N–H and O–H groups in total. The van der Waals surface area contributed by atoms with Crippen molar-refractivity contribution in [3.63, 3.8) is 0 Å². The fourth-order valence-electron chi connectivity index (χ4n) is 1.99. The molecule has 0 saturated heterocycles. The third-order valence-electron chi connectivity index (χ3n) is 3.20. The van der Waals surface area contributed by atoms with Crippen LogP contribution in [0.3, 0.4) is 0 Å². The first kappa shape index (κ1) is 16.2. The van der Waals surface area contributed by atoms with Crippen LogP contribution < -0.4 is 16.4 Å². The van der Waals surface area contributed by atoms with Crippen molar-refractivity contribution in [3.05, 3.63) is 23.8 Å². The molecule has 110 valence electrons.